The molecule has 6 heteroatoms. The Balaban J connectivity index is 1.21. The zero-order valence-corrected chi connectivity index (χ0v) is 23.4. The van der Waals surface area contributed by atoms with Crippen LogP contribution in [0.4, 0.5) is 11.5 Å². The number of rotatable bonds is 7. The van der Waals surface area contributed by atoms with E-state index < -0.39 is 0 Å². The molecule has 0 spiro atoms. The molecule has 0 aliphatic carbocycles. The Hall–Kier alpha value is -4.47. The summed E-state index contributed by atoms with van der Waals surface area (Å²) in [5.74, 6) is 1.22. The van der Waals surface area contributed by atoms with E-state index in [1.54, 1.807) is 6.20 Å². The van der Waals surface area contributed by atoms with E-state index in [2.05, 4.69) is 76.4 Å². The number of carbonyl (C=O) groups is 1. The van der Waals surface area contributed by atoms with Crippen LogP contribution in [0.3, 0.4) is 0 Å². The molecule has 0 radical (unpaired) electrons. The number of anilines is 2. The summed E-state index contributed by atoms with van der Waals surface area (Å²) in [5, 5.41) is 12.2. The molecule has 2 heterocycles. The van der Waals surface area contributed by atoms with Crippen LogP contribution < -0.4 is 10.2 Å². The molecule has 3 aromatic carbocycles. The van der Waals surface area contributed by atoms with Crippen molar-refractivity contribution >= 4 is 17.4 Å². The molecule has 1 N–H and O–H groups in total. The van der Waals surface area contributed by atoms with Crippen LogP contribution in [-0.2, 0) is 6.54 Å². The first kappa shape index (κ1) is 27.1. The van der Waals surface area contributed by atoms with Gasteiger partial charge in [0.05, 0.1) is 23.5 Å². The number of aryl methyl sites for hydroxylation is 1. The molecule has 1 aliphatic heterocycles. The van der Waals surface area contributed by atoms with Gasteiger partial charge in [-0.05, 0) is 65.4 Å². The van der Waals surface area contributed by atoms with Crippen LogP contribution >= 0.6 is 0 Å². The maximum absolute atomic E-state index is 13.3. The number of piperazine rings is 1. The van der Waals surface area contributed by atoms with Gasteiger partial charge in [0.15, 0.2) is 0 Å². The molecule has 1 saturated heterocycles. The number of nitriles is 1. The number of nitrogens with zero attached hydrogens (tertiary/aromatic N) is 4. The summed E-state index contributed by atoms with van der Waals surface area (Å²) in [4.78, 5) is 22.7. The van der Waals surface area contributed by atoms with Gasteiger partial charge in [0.1, 0.15) is 5.82 Å². The van der Waals surface area contributed by atoms with Crippen molar-refractivity contribution in [2.45, 2.75) is 33.2 Å². The molecule has 202 valence electrons. The first-order valence-corrected chi connectivity index (χ1v) is 13.8. The molecule has 0 unspecified atom stereocenters. The van der Waals surface area contributed by atoms with Crippen LogP contribution in [0, 0.1) is 18.3 Å². The highest BCUT2D eigenvalue weighted by molar-refractivity contribution is 6.08. The highest BCUT2D eigenvalue weighted by Gasteiger charge is 2.19. The first-order valence-electron chi connectivity index (χ1n) is 13.8. The second-order valence-corrected chi connectivity index (χ2v) is 10.8. The van der Waals surface area contributed by atoms with Crippen LogP contribution in [0.2, 0.25) is 0 Å². The summed E-state index contributed by atoms with van der Waals surface area (Å²) in [6.07, 6.45) is 1.73. The smallest absolute Gasteiger partial charge is 0.256 e. The summed E-state index contributed by atoms with van der Waals surface area (Å²) in [7, 11) is 0. The van der Waals surface area contributed by atoms with Gasteiger partial charge in [0, 0.05) is 38.3 Å². The molecule has 5 rings (SSSR count). The number of hydrogen-bond acceptors (Lipinski definition) is 5. The molecular weight excluding hydrogens is 494 g/mol. The van der Waals surface area contributed by atoms with Gasteiger partial charge >= 0.3 is 0 Å². The quantitative estimate of drug-likeness (QED) is 0.291. The average Bonchev–Trinajstić information content (AvgIpc) is 2.98. The highest BCUT2D eigenvalue weighted by atomic mass is 16.1. The molecule has 40 heavy (non-hydrogen) atoms. The monoisotopic (exact) mass is 529 g/mol. The lowest BCUT2D eigenvalue weighted by Gasteiger charge is -2.35. The van der Waals surface area contributed by atoms with Crippen LogP contribution in [0.15, 0.2) is 85.1 Å². The molecule has 0 atom stereocenters. The Bertz CT molecular complexity index is 1510. The van der Waals surface area contributed by atoms with Gasteiger partial charge in [-0.3, -0.25) is 9.69 Å². The topological polar surface area (TPSA) is 72.3 Å². The molecule has 0 saturated carbocycles. The van der Waals surface area contributed by atoms with E-state index in [9.17, 15) is 4.79 Å². The third-order valence-corrected chi connectivity index (χ3v) is 7.47. The number of carbonyl (C=O) groups excluding carboxylic acids is 1. The zero-order chi connectivity index (χ0) is 28.1. The molecule has 1 fully saturated rings. The van der Waals surface area contributed by atoms with Gasteiger partial charge in [0.2, 0.25) is 0 Å². The van der Waals surface area contributed by atoms with Crippen molar-refractivity contribution in [1.82, 2.24) is 9.88 Å². The zero-order valence-electron chi connectivity index (χ0n) is 23.4. The van der Waals surface area contributed by atoms with E-state index in [1.165, 1.54) is 5.56 Å². The fourth-order valence-corrected chi connectivity index (χ4v) is 5.12. The Kier molecular flexibility index (Phi) is 8.23. The average molecular weight is 530 g/mol. The lowest BCUT2D eigenvalue weighted by atomic mass is 9.94. The van der Waals surface area contributed by atoms with Crippen molar-refractivity contribution in [3.05, 3.63) is 113 Å². The Labute approximate surface area is 236 Å². The molecule has 4 aromatic rings. The van der Waals surface area contributed by atoms with Gasteiger partial charge in [-0.25, -0.2) is 4.98 Å². The molecule has 0 bridgehead atoms. The Morgan fingerprint density at radius 2 is 1.75 bits per heavy atom. The van der Waals surface area contributed by atoms with E-state index in [0.717, 1.165) is 60.8 Å². The van der Waals surface area contributed by atoms with Crippen LogP contribution in [0.5, 0.6) is 0 Å². The molecule has 1 aromatic heterocycles. The summed E-state index contributed by atoms with van der Waals surface area (Å²) >= 11 is 0. The van der Waals surface area contributed by atoms with E-state index in [1.807, 2.05) is 49.4 Å². The predicted molar refractivity (Wildman–Crippen MR) is 162 cm³/mol. The van der Waals surface area contributed by atoms with Crippen LogP contribution in [0.1, 0.15) is 52.4 Å². The summed E-state index contributed by atoms with van der Waals surface area (Å²) in [6.45, 7) is 10.8. The number of amides is 1. The van der Waals surface area contributed by atoms with Crippen molar-refractivity contribution in [1.29, 1.82) is 5.26 Å². The van der Waals surface area contributed by atoms with Gasteiger partial charge in [-0.1, -0.05) is 67.9 Å². The maximum atomic E-state index is 13.3. The number of aromatic nitrogens is 1. The molecular formula is C34H35N5O. The Morgan fingerprint density at radius 3 is 2.42 bits per heavy atom. The summed E-state index contributed by atoms with van der Waals surface area (Å²) in [6, 6.07) is 28.3. The molecule has 1 aliphatic rings. The van der Waals surface area contributed by atoms with E-state index in [-0.39, 0.29) is 5.91 Å². The minimum atomic E-state index is -0.147. The predicted octanol–water partition coefficient (Wildman–Crippen LogP) is 6.63. The fourth-order valence-electron chi connectivity index (χ4n) is 5.12. The molecule has 6 nitrogen and oxygen atoms in total. The van der Waals surface area contributed by atoms with Crippen molar-refractivity contribution < 1.29 is 4.79 Å². The third kappa shape index (κ3) is 6.39. The van der Waals surface area contributed by atoms with Gasteiger partial charge in [0.25, 0.3) is 5.91 Å². The van der Waals surface area contributed by atoms with Gasteiger partial charge < -0.3 is 10.2 Å². The van der Waals surface area contributed by atoms with Crippen molar-refractivity contribution in [3.8, 4) is 17.2 Å². The highest BCUT2D eigenvalue weighted by Crippen LogP contribution is 2.28. The lowest BCUT2D eigenvalue weighted by Crippen LogP contribution is -2.46. The Morgan fingerprint density at radius 1 is 0.975 bits per heavy atom. The van der Waals surface area contributed by atoms with Crippen LogP contribution in [-0.4, -0.2) is 42.0 Å². The maximum Gasteiger partial charge on any atom is 0.256 e. The van der Waals surface area contributed by atoms with Crippen molar-refractivity contribution in [3.63, 3.8) is 0 Å². The van der Waals surface area contributed by atoms with Crippen LogP contribution in [0.25, 0.3) is 11.1 Å². The number of pyridine rings is 1. The number of hydrogen-bond donors (Lipinski definition) is 1. The fraction of sp³-hybridized carbons (Fsp3) is 0.265. The van der Waals surface area contributed by atoms with Gasteiger partial charge in [-0.2, -0.15) is 5.26 Å². The minimum Gasteiger partial charge on any atom is -0.354 e. The van der Waals surface area contributed by atoms with E-state index in [0.29, 0.717) is 22.7 Å². The largest absolute Gasteiger partial charge is 0.354 e. The second-order valence-electron chi connectivity index (χ2n) is 10.8. The second kappa shape index (κ2) is 12.1. The minimum absolute atomic E-state index is 0.147. The summed E-state index contributed by atoms with van der Waals surface area (Å²) < 4.78 is 0. The number of benzene rings is 3. The normalized spacial score (nSPS) is 13.7. The van der Waals surface area contributed by atoms with Gasteiger partial charge in [-0.15, -0.1) is 0 Å². The molecule has 1 amide bonds. The van der Waals surface area contributed by atoms with E-state index >= 15 is 0 Å². The van der Waals surface area contributed by atoms with Crippen molar-refractivity contribution in [2.24, 2.45) is 0 Å². The first-order chi connectivity index (χ1) is 19.4. The van der Waals surface area contributed by atoms with Crippen molar-refractivity contribution in [2.75, 3.05) is 36.4 Å². The summed E-state index contributed by atoms with van der Waals surface area (Å²) in [5.41, 5.74) is 7.52. The third-order valence-electron chi connectivity index (χ3n) is 7.47. The van der Waals surface area contributed by atoms with E-state index in [4.69, 9.17) is 5.26 Å². The SMILES string of the molecule is Cc1ccc(C(=O)Nc2ccc(N3CCN(Cc4cccc(C#N)c4)CC3)nc2)c(-c2ccc(C(C)C)cc2)c1. The lowest BCUT2D eigenvalue weighted by molar-refractivity contribution is 0.102. The number of nitrogens with one attached hydrogen (secondary N) is 1. The standard InChI is InChI=1S/C34H35N5O/c1-24(2)28-8-10-29(11-9-28)32-19-25(3)7-13-31(32)34(40)37-30-12-14-33(36-22-30)39-17-15-38(16-18-39)23-27-6-4-5-26(20-27)21-35/h4-14,19-20,22,24H,15-18,23H2,1-3H3,(H,37,40).